The summed E-state index contributed by atoms with van der Waals surface area (Å²) >= 11 is 0. The van der Waals surface area contributed by atoms with Crippen LogP contribution in [-0.4, -0.2) is 22.5 Å². The average molecular weight is 345 g/mol. The van der Waals surface area contributed by atoms with Crippen LogP contribution in [0.1, 0.15) is 11.1 Å². The number of carbonyl (C=O) groups excluding carboxylic acids is 1. The zero-order chi connectivity index (χ0) is 17.8. The molecule has 2 amide bonds. The second-order valence-electron chi connectivity index (χ2n) is 6.14. The van der Waals surface area contributed by atoms with E-state index in [1.54, 1.807) is 18.3 Å². The number of benzene rings is 2. The fourth-order valence-electron chi connectivity index (χ4n) is 3.03. The minimum absolute atomic E-state index is 0.148. The molecular formula is C21H19N3O2. The van der Waals surface area contributed by atoms with Crippen molar-refractivity contribution >= 4 is 11.7 Å². The van der Waals surface area contributed by atoms with Crippen molar-refractivity contribution in [2.75, 3.05) is 11.9 Å². The fourth-order valence-corrected chi connectivity index (χ4v) is 3.03. The summed E-state index contributed by atoms with van der Waals surface area (Å²) in [4.78, 5) is 18.8. The predicted molar refractivity (Wildman–Crippen MR) is 100 cm³/mol. The second kappa shape index (κ2) is 7.27. The number of urea groups is 1. The largest absolute Gasteiger partial charge is 0.437 e. The van der Waals surface area contributed by atoms with Crippen LogP contribution in [-0.2, 0) is 13.0 Å². The Labute approximate surface area is 152 Å². The van der Waals surface area contributed by atoms with Crippen LogP contribution in [0.5, 0.6) is 11.6 Å². The van der Waals surface area contributed by atoms with Gasteiger partial charge in [0.2, 0.25) is 5.88 Å². The molecule has 3 aromatic rings. The zero-order valence-corrected chi connectivity index (χ0v) is 14.3. The van der Waals surface area contributed by atoms with Crippen LogP contribution in [0.15, 0.2) is 72.9 Å². The summed E-state index contributed by atoms with van der Waals surface area (Å²) in [6.07, 6.45) is 2.51. The van der Waals surface area contributed by atoms with Gasteiger partial charge in [-0.05, 0) is 41.8 Å². The first kappa shape index (κ1) is 16.1. The monoisotopic (exact) mass is 345 g/mol. The van der Waals surface area contributed by atoms with Crippen molar-refractivity contribution in [3.8, 4) is 11.6 Å². The minimum atomic E-state index is -0.148. The van der Waals surface area contributed by atoms with E-state index in [9.17, 15) is 4.79 Å². The van der Waals surface area contributed by atoms with Crippen molar-refractivity contribution in [3.63, 3.8) is 0 Å². The van der Waals surface area contributed by atoms with Crippen molar-refractivity contribution in [2.24, 2.45) is 0 Å². The molecule has 0 fully saturated rings. The fraction of sp³-hybridized carbons (Fsp3) is 0.143. The van der Waals surface area contributed by atoms with Gasteiger partial charge >= 0.3 is 6.03 Å². The number of amides is 2. The number of ether oxygens (including phenoxy) is 1. The number of anilines is 1. The van der Waals surface area contributed by atoms with E-state index in [1.165, 1.54) is 11.1 Å². The molecule has 1 aromatic heterocycles. The SMILES string of the molecule is O=C(Nc1cccnc1Oc1ccccc1)N1CCc2ccccc2C1. The van der Waals surface area contributed by atoms with Gasteiger partial charge in [-0.1, -0.05) is 42.5 Å². The second-order valence-corrected chi connectivity index (χ2v) is 6.14. The van der Waals surface area contributed by atoms with Gasteiger partial charge in [0.25, 0.3) is 0 Å². The van der Waals surface area contributed by atoms with Gasteiger partial charge in [-0.3, -0.25) is 0 Å². The number of para-hydroxylation sites is 1. The highest BCUT2D eigenvalue weighted by molar-refractivity contribution is 5.90. The lowest BCUT2D eigenvalue weighted by Gasteiger charge is -2.29. The Kier molecular flexibility index (Phi) is 4.51. The van der Waals surface area contributed by atoms with Gasteiger partial charge in [0.05, 0.1) is 0 Å². The first-order valence-electron chi connectivity index (χ1n) is 8.60. The number of pyridine rings is 1. The van der Waals surface area contributed by atoms with Crippen LogP contribution in [0.25, 0.3) is 0 Å². The summed E-state index contributed by atoms with van der Waals surface area (Å²) in [6, 6.07) is 21.1. The summed E-state index contributed by atoms with van der Waals surface area (Å²) in [7, 11) is 0. The lowest BCUT2D eigenvalue weighted by Crippen LogP contribution is -2.38. The van der Waals surface area contributed by atoms with Crippen molar-refractivity contribution in [2.45, 2.75) is 13.0 Å². The Morgan fingerprint density at radius 3 is 2.58 bits per heavy atom. The van der Waals surface area contributed by atoms with Crippen LogP contribution in [0.2, 0.25) is 0 Å². The summed E-state index contributed by atoms with van der Waals surface area (Å²) in [5.74, 6) is 1.05. The molecule has 1 aliphatic heterocycles. The summed E-state index contributed by atoms with van der Waals surface area (Å²) in [6.45, 7) is 1.30. The Morgan fingerprint density at radius 1 is 0.962 bits per heavy atom. The van der Waals surface area contributed by atoms with Crippen LogP contribution in [0, 0.1) is 0 Å². The molecule has 2 heterocycles. The van der Waals surface area contributed by atoms with E-state index in [4.69, 9.17) is 4.74 Å². The van der Waals surface area contributed by atoms with Gasteiger partial charge in [-0.2, -0.15) is 0 Å². The molecule has 0 atom stereocenters. The first-order chi connectivity index (χ1) is 12.8. The number of hydrogen-bond acceptors (Lipinski definition) is 3. The number of hydrogen-bond donors (Lipinski definition) is 1. The average Bonchev–Trinajstić information content (AvgIpc) is 2.70. The molecule has 0 saturated carbocycles. The lowest BCUT2D eigenvalue weighted by atomic mass is 10.0. The van der Waals surface area contributed by atoms with E-state index >= 15 is 0 Å². The van der Waals surface area contributed by atoms with Crippen molar-refractivity contribution in [1.82, 2.24) is 9.88 Å². The number of nitrogens with one attached hydrogen (secondary N) is 1. The van der Waals surface area contributed by atoms with Gasteiger partial charge in [-0.25, -0.2) is 9.78 Å². The maximum Gasteiger partial charge on any atom is 0.322 e. The van der Waals surface area contributed by atoms with Gasteiger partial charge in [0, 0.05) is 19.3 Å². The molecule has 0 aliphatic carbocycles. The van der Waals surface area contributed by atoms with Gasteiger partial charge < -0.3 is 15.0 Å². The Hall–Kier alpha value is -3.34. The quantitative estimate of drug-likeness (QED) is 0.762. The Morgan fingerprint density at radius 2 is 1.73 bits per heavy atom. The lowest BCUT2D eigenvalue weighted by molar-refractivity contribution is 0.206. The highest BCUT2D eigenvalue weighted by Crippen LogP contribution is 2.27. The van der Waals surface area contributed by atoms with Crippen LogP contribution < -0.4 is 10.1 Å². The molecule has 5 nitrogen and oxygen atoms in total. The molecule has 26 heavy (non-hydrogen) atoms. The molecule has 130 valence electrons. The molecule has 4 rings (SSSR count). The van der Waals surface area contributed by atoms with E-state index in [2.05, 4.69) is 22.4 Å². The van der Waals surface area contributed by atoms with Crippen LogP contribution in [0.4, 0.5) is 10.5 Å². The van der Waals surface area contributed by atoms with E-state index in [-0.39, 0.29) is 6.03 Å². The molecule has 0 spiro atoms. The van der Waals surface area contributed by atoms with Gasteiger partial charge in [0.1, 0.15) is 11.4 Å². The third-order valence-corrected chi connectivity index (χ3v) is 4.39. The molecule has 0 bridgehead atoms. The number of carbonyl (C=O) groups is 1. The molecule has 0 saturated heterocycles. The zero-order valence-electron chi connectivity index (χ0n) is 14.3. The smallest absolute Gasteiger partial charge is 0.322 e. The predicted octanol–water partition coefficient (Wildman–Crippen LogP) is 4.46. The molecule has 1 N–H and O–H groups in total. The summed E-state index contributed by atoms with van der Waals surface area (Å²) in [5.41, 5.74) is 3.06. The number of nitrogens with zero attached hydrogens (tertiary/aromatic N) is 2. The first-order valence-corrected chi connectivity index (χ1v) is 8.60. The highest BCUT2D eigenvalue weighted by atomic mass is 16.5. The van der Waals surface area contributed by atoms with Crippen molar-refractivity contribution < 1.29 is 9.53 Å². The molecule has 0 radical (unpaired) electrons. The Balaban J connectivity index is 1.48. The molecule has 1 aliphatic rings. The van der Waals surface area contributed by atoms with E-state index in [0.29, 0.717) is 30.4 Å². The molecule has 0 unspecified atom stereocenters. The molecule has 2 aromatic carbocycles. The van der Waals surface area contributed by atoms with Crippen LogP contribution >= 0.6 is 0 Å². The van der Waals surface area contributed by atoms with E-state index < -0.39 is 0 Å². The third-order valence-electron chi connectivity index (χ3n) is 4.39. The van der Waals surface area contributed by atoms with E-state index in [0.717, 1.165) is 6.42 Å². The summed E-state index contributed by atoms with van der Waals surface area (Å²) < 4.78 is 5.81. The number of rotatable bonds is 3. The van der Waals surface area contributed by atoms with Gasteiger partial charge in [-0.15, -0.1) is 0 Å². The minimum Gasteiger partial charge on any atom is -0.437 e. The van der Waals surface area contributed by atoms with Crippen molar-refractivity contribution in [3.05, 3.63) is 84.1 Å². The maximum absolute atomic E-state index is 12.7. The third kappa shape index (κ3) is 3.52. The summed E-state index contributed by atoms with van der Waals surface area (Å²) in [5, 5.41) is 2.93. The standard InChI is InChI=1S/C21H19N3O2/c25-21(24-14-12-16-7-4-5-8-17(16)15-24)23-19-11-6-13-22-20(19)26-18-9-2-1-3-10-18/h1-11,13H,12,14-15H2,(H,23,25). The van der Waals surface area contributed by atoms with Gasteiger partial charge in [0.15, 0.2) is 0 Å². The van der Waals surface area contributed by atoms with Crippen molar-refractivity contribution in [1.29, 1.82) is 0 Å². The normalized spacial score (nSPS) is 13.0. The molecule has 5 heteroatoms. The highest BCUT2D eigenvalue weighted by Gasteiger charge is 2.21. The number of fused-ring (bicyclic) bond motifs is 1. The topological polar surface area (TPSA) is 54.5 Å². The molecular weight excluding hydrogens is 326 g/mol. The number of aromatic nitrogens is 1. The maximum atomic E-state index is 12.7. The Bertz CT molecular complexity index is 912. The van der Waals surface area contributed by atoms with E-state index in [1.807, 2.05) is 47.4 Å². The van der Waals surface area contributed by atoms with Crippen LogP contribution in [0.3, 0.4) is 0 Å².